The Kier molecular flexibility index (Phi) is 5.51. The fraction of sp³-hybridized carbons (Fsp3) is 1.00. The molecule has 0 saturated carbocycles. The molecule has 0 aliphatic heterocycles. The van der Waals surface area contributed by atoms with E-state index in [-0.39, 0.29) is 0 Å². The van der Waals surface area contributed by atoms with E-state index < -0.39 is 0 Å². The van der Waals surface area contributed by atoms with Crippen molar-refractivity contribution in [2.45, 2.75) is 39.8 Å². The van der Waals surface area contributed by atoms with Gasteiger partial charge in [0.25, 0.3) is 0 Å². The van der Waals surface area contributed by atoms with Gasteiger partial charge in [-0.15, -0.1) is 0 Å². The third kappa shape index (κ3) is 5.22. The van der Waals surface area contributed by atoms with E-state index in [1.807, 2.05) is 7.05 Å². The van der Waals surface area contributed by atoms with E-state index in [1.165, 1.54) is 0 Å². The van der Waals surface area contributed by atoms with Crippen molar-refractivity contribution in [3.63, 3.8) is 0 Å². The molecule has 0 aromatic carbocycles. The van der Waals surface area contributed by atoms with Crippen LogP contribution in [0.5, 0.6) is 0 Å². The largest absolute Gasteiger partial charge is 0.377 e. The van der Waals surface area contributed by atoms with Crippen LogP contribution in [0.3, 0.4) is 0 Å². The molecule has 0 spiro atoms. The van der Waals surface area contributed by atoms with Crippen molar-refractivity contribution in [3.8, 4) is 0 Å². The molecule has 0 radical (unpaired) electrons. The summed E-state index contributed by atoms with van der Waals surface area (Å²) in [5.74, 6) is 0.610. The number of hydrogen-bond acceptors (Lipinski definition) is 2. The van der Waals surface area contributed by atoms with Gasteiger partial charge in [0, 0.05) is 6.04 Å². The van der Waals surface area contributed by atoms with E-state index >= 15 is 0 Å². The van der Waals surface area contributed by atoms with E-state index in [9.17, 15) is 0 Å². The van der Waals surface area contributed by atoms with Crippen LogP contribution in [-0.2, 0) is 4.74 Å². The summed E-state index contributed by atoms with van der Waals surface area (Å²) >= 11 is 0. The molecule has 0 bridgehead atoms. The molecular formula is C9H21NO. The second-order valence-electron chi connectivity index (χ2n) is 3.47. The molecule has 2 atom stereocenters. The maximum absolute atomic E-state index is 5.59. The highest BCUT2D eigenvalue weighted by molar-refractivity contribution is 4.59. The van der Waals surface area contributed by atoms with Gasteiger partial charge in [-0.1, -0.05) is 13.8 Å². The van der Waals surface area contributed by atoms with Crippen molar-refractivity contribution in [2.24, 2.45) is 5.92 Å². The number of ether oxygens (including phenoxy) is 1. The van der Waals surface area contributed by atoms with Gasteiger partial charge in [-0.3, -0.25) is 0 Å². The smallest absolute Gasteiger partial charge is 0.0620 e. The number of likely N-dealkylation sites (N-methyl/N-ethyl adjacent to an activating group) is 1. The molecule has 2 unspecified atom stereocenters. The Labute approximate surface area is 70.3 Å². The summed E-state index contributed by atoms with van der Waals surface area (Å²) in [5, 5.41) is 3.13. The Morgan fingerprint density at radius 2 is 1.73 bits per heavy atom. The number of nitrogens with one attached hydrogen (secondary N) is 1. The molecule has 0 aliphatic carbocycles. The van der Waals surface area contributed by atoms with Crippen LogP contribution in [-0.4, -0.2) is 25.8 Å². The average molecular weight is 159 g/mol. The van der Waals surface area contributed by atoms with E-state index in [4.69, 9.17) is 4.74 Å². The second kappa shape index (κ2) is 5.56. The molecule has 0 aromatic rings. The monoisotopic (exact) mass is 159 g/mol. The summed E-state index contributed by atoms with van der Waals surface area (Å²) in [4.78, 5) is 0. The van der Waals surface area contributed by atoms with Crippen LogP contribution < -0.4 is 5.32 Å². The van der Waals surface area contributed by atoms with Crippen molar-refractivity contribution in [2.75, 3.05) is 13.7 Å². The highest BCUT2D eigenvalue weighted by Crippen LogP contribution is 2.04. The molecule has 2 heteroatoms. The van der Waals surface area contributed by atoms with Gasteiger partial charge in [0.05, 0.1) is 12.7 Å². The van der Waals surface area contributed by atoms with Gasteiger partial charge in [-0.25, -0.2) is 0 Å². The van der Waals surface area contributed by atoms with E-state index in [0.29, 0.717) is 18.1 Å². The molecule has 11 heavy (non-hydrogen) atoms. The summed E-state index contributed by atoms with van der Waals surface area (Å²) < 4.78 is 5.59. The van der Waals surface area contributed by atoms with Crippen molar-refractivity contribution in [1.82, 2.24) is 5.32 Å². The molecule has 68 valence electrons. The maximum Gasteiger partial charge on any atom is 0.0620 e. The van der Waals surface area contributed by atoms with Crippen LogP contribution in [0.1, 0.15) is 27.7 Å². The van der Waals surface area contributed by atoms with Crippen molar-refractivity contribution in [1.29, 1.82) is 0 Å². The van der Waals surface area contributed by atoms with Crippen LogP contribution in [0.4, 0.5) is 0 Å². The normalized spacial score (nSPS) is 16.9. The third-order valence-corrected chi connectivity index (χ3v) is 2.04. The van der Waals surface area contributed by atoms with Gasteiger partial charge in [-0.05, 0) is 26.8 Å². The molecule has 0 aromatic heterocycles. The van der Waals surface area contributed by atoms with Gasteiger partial charge in [0.15, 0.2) is 0 Å². The summed E-state index contributed by atoms with van der Waals surface area (Å²) in [6.07, 6.45) is 0.366. The first-order valence-electron chi connectivity index (χ1n) is 4.36. The number of hydrogen-bond donors (Lipinski definition) is 1. The van der Waals surface area contributed by atoms with Gasteiger partial charge >= 0.3 is 0 Å². The first kappa shape index (κ1) is 10.9. The molecule has 0 heterocycles. The molecule has 2 nitrogen and oxygen atoms in total. The zero-order valence-corrected chi connectivity index (χ0v) is 8.35. The van der Waals surface area contributed by atoms with Crippen LogP contribution in [0.2, 0.25) is 0 Å². The number of rotatable bonds is 5. The lowest BCUT2D eigenvalue weighted by molar-refractivity contribution is 0.0257. The predicted molar refractivity (Wildman–Crippen MR) is 48.8 cm³/mol. The van der Waals surface area contributed by atoms with E-state index in [2.05, 4.69) is 33.0 Å². The van der Waals surface area contributed by atoms with E-state index in [0.717, 1.165) is 6.61 Å². The summed E-state index contributed by atoms with van der Waals surface area (Å²) in [5.41, 5.74) is 0. The van der Waals surface area contributed by atoms with Crippen molar-refractivity contribution >= 4 is 0 Å². The van der Waals surface area contributed by atoms with Gasteiger partial charge in [0.2, 0.25) is 0 Å². The second-order valence-corrected chi connectivity index (χ2v) is 3.47. The Bertz CT molecular complexity index is 93.6. The highest BCUT2D eigenvalue weighted by Gasteiger charge is 2.08. The summed E-state index contributed by atoms with van der Waals surface area (Å²) in [7, 11) is 1.95. The fourth-order valence-electron chi connectivity index (χ4n) is 0.572. The molecule has 0 saturated heterocycles. The fourth-order valence-corrected chi connectivity index (χ4v) is 0.572. The van der Waals surface area contributed by atoms with E-state index in [1.54, 1.807) is 0 Å². The van der Waals surface area contributed by atoms with Gasteiger partial charge < -0.3 is 10.1 Å². The topological polar surface area (TPSA) is 21.3 Å². The molecular weight excluding hydrogens is 138 g/mol. The Morgan fingerprint density at radius 1 is 1.18 bits per heavy atom. The summed E-state index contributed by atoms with van der Waals surface area (Å²) in [6, 6.07) is 0.455. The zero-order chi connectivity index (χ0) is 8.85. The first-order chi connectivity index (χ1) is 5.07. The minimum atomic E-state index is 0.366. The summed E-state index contributed by atoms with van der Waals surface area (Å²) in [6.45, 7) is 9.39. The van der Waals surface area contributed by atoms with Crippen LogP contribution in [0.25, 0.3) is 0 Å². The molecule has 0 amide bonds. The standard InChI is InChI=1S/C9H21NO/c1-7(2)9(4)11-6-8(3)10-5/h7-10H,6H2,1-5H3. The highest BCUT2D eigenvalue weighted by atomic mass is 16.5. The quantitative estimate of drug-likeness (QED) is 0.658. The lowest BCUT2D eigenvalue weighted by atomic mass is 10.1. The Hall–Kier alpha value is -0.0800. The van der Waals surface area contributed by atoms with Crippen LogP contribution >= 0.6 is 0 Å². The molecule has 0 rings (SSSR count). The lowest BCUT2D eigenvalue weighted by Crippen LogP contribution is -2.30. The van der Waals surface area contributed by atoms with Gasteiger partial charge in [-0.2, -0.15) is 0 Å². The molecule has 0 aliphatic rings. The Morgan fingerprint density at radius 3 is 2.09 bits per heavy atom. The van der Waals surface area contributed by atoms with Crippen LogP contribution in [0, 0.1) is 5.92 Å². The van der Waals surface area contributed by atoms with Crippen molar-refractivity contribution < 1.29 is 4.74 Å². The minimum absolute atomic E-state index is 0.366. The average Bonchev–Trinajstić information content (AvgIpc) is 1.99. The molecule has 0 fully saturated rings. The Balaban J connectivity index is 3.37. The lowest BCUT2D eigenvalue weighted by Gasteiger charge is -2.19. The minimum Gasteiger partial charge on any atom is -0.377 e. The third-order valence-electron chi connectivity index (χ3n) is 2.04. The molecule has 1 N–H and O–H groups in total. The maximum atomic E-state index is 5.59. The van der Waals surface area contributed by atoms with Crippen LogP contribution in [0.15, 0.2) is 0 Å². The SMILES string of the molecule is CNC(C)COC(C)C(C)C. The van der Waals surface area contributed by atoms with Gasteiger partial charge in [0.1, 0.15) is 0 Å². The van der Waals surface area contributed by atoms with Crippen molar-refractivity contribution in [3.05, 3.63) is 0 Å². The predicted octanol–water partition coefficient (Wildman–Crippen LogP) is 1.66. The zero-order valence-electron chi connectivity index (χ0n) is 8.35. The first-order valence-corrected chi connectivity index (χ1v) is 4.36.